The number of hydrogen-bond donors (Lipinski definition) is 2. The molecule has 12 nitrogen and oxygen atoms in total. The van der Waals surface area contributed by atoms with Crippen molar-refractivity contribution in [2.45, 2.75) is 173 Å². The molecule has 2 heterocycles. The zero-order chi connectivity index (χ0) is 35.8. The monoisotopic (exact) mass is 703 g/mol. The second-order valence-corrected chi connectivity index (χ2v) is 17.8. The minimum Gasteiger partial charge on any atom is -0.394 e. The molecule has 4 unspecified atom stereocenters. The summed E-state index contributed by atoms with van der Waals surface area (Å²) in [6, 6.07) is -1.94. The Morgan fingerprint density at radius 2 is 1.70 bits per heavy atom. The van der Waals surface area contributed by atoms with Crippen molar-refractivity contribution < 1.29 is 29.2 Å². The lowest BCUT2D eigenvalue weighted by atomic mass is 9.45. The molecule has 6 rings (SSSR count). The summed E-state index contributed by atoms with van der Waals surface area (Å²) in [4.78, 5) is 34.9. The van der Waals surface area contributed by atoms with Crippen LogP contribution in [-0.4, -0.2) is 78.0 Å². The maximum Gasteiger partial charge on any atom is 0.186 e. The Labute approximate surface area is 297 Å². The summed E-state index contributed by atoms with van der Waals surface area (Å²) in [7, 11) is 0. The summed E-state index contributed by atoms with van der Waals surface area (Å²) >= 11 is 0. The van der Waals surface area contributed by atoms with Gasteiger partial charge in [0, 0.05) is 18.8 Å². The molecule has 5 fully saturated rings. The van der Waals surface area contributed by atoms with Crippen LogP contribution in [0.2, 0.25) is 0 Å². The maximum absolute atomic E-state index is 12.3. The standard InChI is InChI=1S/C38H61N3O9/c1-22-26-10-12-29-28-11-9-23(8-6-7-15-36(2,3)41-46)37(28,4)16-17-38(29,5)27(26)13-14-31(22)49-35-33(40-45)32(19-25(20-42)48-35)50-34-30(39-44)18-24(43)21-47-34/h10,22-25,27-35,42-43H,6-9,11-21H2,1-5H3/t22-,23?,24+,25+,27?,28?,29?,30-,31+,32+,33-,34+,35+,37-,38+/m1/s1. The maximum atomic E-state index is 12.3. The number of nitrogens with zero attached hydrogens (tertiary/aromatic N) is 3. The molecule has 0 amide bonds. The number of unbranched alkanes of at least 4 members (excludes halogenated alkanes) is 1. The number of allylic oxidation sites excluding steroid dienone is 1. The van der Waals surface area contributed by atoms with Gasteiger partial charge in [-0.15, -0.1) is 0 Å². The first-order valence-corrected chi connectivity index (χ1v) is 19.4. The van der Waals surface area contributed by atoms with Crippen LogP contribution in [0.4, 0.5) is 0 Å². The number of hydrogen-bond acceptors (Lipinski definition) is 12. The summed E-state index contributed by atoms with van der Waals surface area (Å²) < 4.78 is 24.4. The van der Waals surface area contributed by atoms with Crippen LogP contribution in [0.25, 0.3) is 0 Å². The van der Waals surface area contributed by atoms with Crippen LogP contribution in [0, 0.1) is 55.1 Å². The molecule has 0 radical (unpaired) electrons. The zero-order valence-corrected chi connectivity index (χ0v) is 30.8. The van der Waals surface area contributed by atoms with Crippen LogP contribution < -0.4 is 0 Å². The van der Waals surface area contributed by atoms with Gasteiger partial charge in [-0.1, -0.05) is 60.8 Å². The summed E-state index contributed by atoms with van der Waals surface area (Å²) in [6.07, 6.45) is 10.8. The van der Waals surface area contributed by atoms with Gasteiger partial charge in [0.05, 0.1) is 43.2 Å². The van der Waals surface area contributed by atoms with Crippen LogP contribution in [0.1, 0.15) is 118 Å². The SMILES string of the molecule is C[C@@H]1C2=CCC3C4CCC(CCCCC(C)(C)N=O)[C@@]4(C)CC[C@@]3(C)C2CC[C@@H]1O[C@@H]1O[C@H](CO)C[C@H](O[C@@H]2OC[C@@H](O)C[C@H]2N=O)[C@H]1N=O. The van der Waals surface area contributed by atoms with Gasteiger partial charge in [0.15, 0.2) is 18.6 Å². The van der Waals surface area contributed by atoms with Gasteiger partial charge in [-0.2, -0.15) is 14.7 Å². The predicted molar refractivity (Wildman–Crippen MR) is 188 cm³/mol. The molecule has 6 aliphatic rings. The number of aliphatic hydroxyl groups is 2. The molecule has 2 saturated heterocycles. The Balaban J connectivity index is 1.11. The Kier molecular flexibility index (Phi) is 11.7. The van der Waals surface area contributed by atoms with E-state index in [9.17, 15) is 24.9 Å². The van der Waals surface area contributed by atoms with Crippen LogP contribution >= 0.6 is 0 Å². The predicted octanol–water partition coefficient (Wildman–Crippen LogP) is 7.17. The van der Waals surface area contributed by atoms with Crippen molar-refractivity contribution in [3.05, 3.63) is 26.4 Å². The Morgan fingerprint density at radius 3 is 2.42 bits per heavy atom. The first-order valence-electron chi connectivity index (χ1n) is 19.4. The van der Waals surface area contributed by atoms with E-state index in [1.165, 1.54) is 44.1 Å². The number of aliphatic hydroxyl groups excluding tert-OH is 2. The molecule has 0 aromatic rings. The summed E-state index contributed by atoms with van der Waals surface area (Å²) in [5, 5.41) is 29.8. The van der Waals surface area contributed by atoms with Crippen LogP contribution in [0.3, 0.4) is 0 Å². The van der Waals surface area contributed by atoms with E-state index in [1.807, 2.05) is 13.8 Å². The molecule has 2 aliphatic heterocycles. The highest BCUT2D eigenvalue weighted by molar-refractivity contribution is 5.25. The Hall–Kier alpha value is -1.70. The van der Waals surface area contributed by atoms with Gasteiger partial charge in [0.2, 0.25) is 0 Å². The van der Waals surface area contributed by atoms with Gasteiger partial charge in [-0.05, 0) is 106 Å². The van der Waals surface area contributed by atoms with Gasteiger partial charge in [-0.3, -0.25) is 0 Å². The largest absolute Gasteiger partial charge is 0.394 e. The van der Waals surface area contributed by atoms with Crippen LogP contribution in [0.15, 0.2) is 27.2 Å². The minimum absolute atomic E-state index is 0.00120. The van der Waals surface area contributed by atoms with E-state index in [0.717, 1.165) is 43.9 Å². The van der Waals surface area contributed by atoms with E-state index in [-0.39, 0.29) is 43.5 Å². The van der Waals surface area contributed by atoms with E-state index in [4.69, 9.17) is 18.9 Å². The lowest BCUT2D eigenvalue weighted by Gasteiger charge is -2.60. The molecule has 2 N–H and O–H groups in total. The quantitative estimate of drug-likeness (QED) is 0.115. The lowest BCUT2D eigenvalue weighted by molar-refractivity contribution is -0.287. The van der Waals surface area contributed by atoms with Crippen molar-refractivity contribution in [1.29, 1.82) is 0 Å². The van der Waals surface area contributed by atoms with Crippen molar-refractivity contribution in [3.63, 3.8) is 0 Å². The van der Waals surface area contributed by atoms with Crippen molar-refractivity contribution >= 4 is 0 Å². The Morgan fingerprint density at radius 1 is 0.940 bits per heavy atom. The number of nitroso groups, excluding NO2 is 3. The number of ether oxygens (including phenoxy) is 4. The molecule has 50 heavy (non-hydrogen) atoms. The van der Waals surface area contributed by atoms with Gasteiger partial charge < -0.3 is 29.2 Å². The normalized spacial score (nSPS) is 46.2. The van der Waals surface area contributed by atoms with E-state index in [2.05, 4.69) is 42.4 Å². The highest BCUT2D eigenvalue weighted by atomic mass is 16.7. The second kappa shape index (κ2) is 15.3. The Bertz CT molecular complexity index is 1250. The van der Waals surface area contributed by atoms with E-state index < -0.39 is 48.5 Å². The molecular weight excluding hydrogens is 642 g/mol. The molecule has 12 heteroatoms. The van der Waals surface area contributed by atoms with Crippen molar-refractivity contribution in [2.24, 2.45) is 56.0 Å². The molecular formula is C38H61N3O9. The molecule has 0 aromatic carbocycles. The molecule has 4 aliphatic carbocycles. The summed E-state index contributed by atoms with van der Waals surface area (Å²) in [5.74, 6) is 2.79. The highest BCUT2D eigenvalue weighted by Crippen LogP contribution is 2.68. The summed E-state index contributed by atoms with van der Waals surface area (Å²) in [5.41, 5.74) is 1.62. The van der Waals surface area contributed by atoms with Crippen molar-refractivity contribution in [1.82, 2.24) is 0 Å². The van der Waals surface area contributed by atoms with Gasteiger partial charge in [-0.25, -0.2) is 0 Å². The minimum atomic E-state index is -1.02. The fraction of sp³-hybridized carbons (Fsp3) is 0.947. The first-order chi connectivity index (χ1) is 23.9. The zero-order valence-electron chi connectivity index (χ0n) is 30.8. The van der Waals surface area contributed by atoms with E-state index in [1.54, 1.807) is 0 Å². The van der Waals surface area contributed by atoms with Crippen LogP contribution in [0.5, 0.6) is 0 Å². The smallest absolute Gasteiger partial charge is 0.186 e. The number of fused-ring (bicyclic) bond motifs is 5. The van der Waals surface area contributed by atoms with Gasteiger partial charge in [0.1, 0.15) is 6.04 Å². The average molecular weight is 704 g/mol. The average Bonchev–Trinajstić information content (AvgIpc) is 3.44. The molecule has 0 aromatic heterocycles. The van der Waals surface area contributed by atoms with E-state index >= 15 is 0 Å². The third-order valence-electron chi connectivity index (χ3n) is 14.4. The van der Waals surface area contributed by atoms with E-state index in [0.29, 0.717) is 17.3 Å². The van der Waals surface area contributed by atoms with Crippen molar-refractivity contribution in [3.8, 4) is 0 Å². The van der Waals surface area contributed by atoms with Gasteiger partial charge >= 0.3 is 0 Å². The third kappa shape index (κ3) is 7.27. The molecule has 0 spiro atoms. The first kappa shape index (κ1) is 38.0. The summed E-state index contributed by atoms with van der Waals surface area (Å²) in [6.45, 7) is 11.0. The fourth-order valence-corrected chi connectivity index (χ4v) is 11.4. The fourth-order valence-electron chi connectivity index (χ4n) is 11.4. The molecule has 15 atom stereocenters. The second-order valence-electron chi connectivity index (χ2n) is 17.8. The third-order valence-corrected chi connectivity index (χ3v) is 14.4. The van der Waals surface area contributed by atoms with Crippen molar-refractivity contribution in [2.75, 3.05) is 13.2 Å². The van der Waals surface area contributed by atoms with Crippen LogP contribution in [-0.2, 0) is 18.9 Å². The highest BCUT2D eigenvalue weighted by Gasteiger charge is 2.61. The number of rotatable bonds is 13. The van der Waals surface area contributed by atoms with Gasteiger partial charge in [0.25, 0.3) is 0 Å². The molecule has 282 valence electrons. The molecule has 3 saturated carbocycles. The lowest BCUT2D eigenvalue weighted by Crippen LogP contribution is -2.56. The molecule has 0 bridgehead atoms. The topological polar surface area (TPSA) is 166 Å².